The second kappa shape index (κ2) is 6.61. The SMILES string of the molecule is CCOC(=O)c1nn(-c2ccccc2Br)c2c1CS(=O)(=O)c1ccccc1-2. The zero-order valence-corrected chi connectivity index (χ0v) is 16.7. The van der Waals surface area contributed by atoms with Crippen molar-refractivity contribution < 1.29 is 17.9 Å². The van der Waals surface area contributed by atoms with Gasteiger partial charge in [-0.3, -0.25) is 0 Å². The maximum atomic E-state index is 12.8. The Hall–Kier alpha value is -2.45. The molecule has 0 saturated heterocycles. The summed E-state index contributed by atoms with van der Waals surface area (Å²) in [6, 6.07) is 14.2. The van der Waals surface area contributed by atoms with Crippen LogP contribution >= 0.6 is 15.9 Å². The largest absolute Gasteiger partial charge is 0.461 e. The zero-order chi connectivity index (χ0) is 19.2. The summed E-state index contributed by atoms with van der Waals surface area (Å²) in [5, 5.41) is 4.45. The van der Waals surface area contributed by atoms with Crippen molar-refractivity contribution in [2.45, 2.75) is 17.6 Å². The van der Waals surface area contributed by atoms with Crippen LogP contribution in [0.15, 0.2) is 57.9 Å². The minimum absolute atomic E-state index is 0.0284. The third-order valence-electron chi connectivity index (χ3n) is 4.34. The molecule has 0 bridgehead atoms. The van der Waals surface area contributed by atoms with E-state index in [0.29, 0.717) is 22.5 Å². The maximum absolute atomic E-state index is 12.8. The first-order chi connectivity index (χ1) is 12.9. The standard InChI is InChI=1S/C19H15BrN2O4S/c1-2-26-19(23)17-13-11-27(24,25)16-10-6-3-7-12(16)18(13)22(21-17)15-9-5-4-8-14(15)20/h3-10H,2,11H2,1H3. The number of aromatic nitrogens is 2. The number of hydrogen-bond donors (Lipinski definition) is 0. The molecule has 1 aromatic heterocycles. The zero-order valence-electron chi connectivity index (χ0n) is 14.3. The highest BCUT2D eigenvalue weighted by Crippen LogP contribution is 2.41. The fourth-order valence-electron chi connectivity index (χ4n) is 3.23. The Labute approximate surface area is 164 Å². The molecule has 3 aromatic rings. The second-order valence-electron chi connectivity index (χ2n) is 6.01. The lowest BCUT2D eigenvalue weighted by atomic mass is 10.1. The quantitative estimate of drug-likeness (QED) is 0.572. The van der Waals surface area contributed by atoms with Crippen LogP contribution in [0.3, 0.4) is 0 Å². The molecule has 0 N–H and O–H groups in total. The van der Waals surface area contributed by atoms with Gasteiger partial charge in [0.25, 0.3) is 0 Å². The van der Waals surface area contributed by atoms with Crippen molar-refractivity contribution in [1.82, 2.24) is 9.78 Å². The third-order valence-corrected chi connectivity index (χ3v) is 6.71. The van der Waals surface area contributed by atoms with E-state index in [9.17, 15) is 13.2 Å². The normalized spacial score (nSPS) is 14.3. The van der Waals surface area contributed by atoms with Crippen LogP contribution in [0.25, 0.3) is 16.9 Å². The highest BCUT2D eigenvalue weighted by atomic mass is 79.9. The number of fused-ring (bicyclic) bond motifs is 3. The molecule has 2 aromatic carbocycles. The van der Waals surface area contributed by atoms with Crippen molar-refractivity contribution in [3.8, 4) is 16.9 Å². The highest BCUT2D eigenvalue weighted by molar-refractivity contribution is 9.10. The smallest absolute Gasteiger partial charge is 0.359 e. The summed E-state index contributed by atoms with van der Waals surface area (Å²) in [5.41, 5.74) is 2.22. The van der Waals surface area contributed by atoms with Crippen LogP contribution < -0.4 is 0 Å². The molecule has 6 nitrogen and oxygen atoms in total. The molecule has 0 aliphatic carbocycles. The van der Waals surface area contributed by atoms with Crippen molar-refractivity contribution >= 4 is 31.7 Å². The van der Waals surface area contributed by atoms with Crippen LogP contribution in [0.1, 0.15) is 23.0 Å². The molecule has 27 heavy (non-hydrogen) atoms. The number of carbonyl (C=O) groups is 1. The van der Waals surface area contributed by atoms with E-state index in [4.69, 9.17) is 4.74 Å². The van der Waals surface area contributed by atoms with E-state index in [2.05, 4.69) is 21.0 Å². The lowest BCUT2D eigenvalue weighted by Crippen LogP contribution is -2.16. The van der Waals surface area contributed by atoms with Crippen molar-refractivity contribution in [2.75, 3.05) is 6.61 Å². The second-order valence-corrected chi connectivity index (χ2v) is 8.83. The topological polar surface area (TPSA) is 78.3 Å². The number of benzene rings is 2. The molecule has 1 aliphatic heterocycles. The van der Waals surface area contributed by atoms with Gasteiger partial charge in [0.1, 0.15) is 0 Å². The summed E-state index contributed by atoms with van der Waals surface area (Å²) < 4.78 is 33.1. The maximum Gasteiger partial charge on any atom is 0.359 e. The molecular formula is C19H15BrN2O4S. The van der Waals surface area contributed by atoms with E-state index in [0.717, 1.165) is 4.47 Å². The van der Waals surface area contributed by atoms with E-state index >= 15 is 0 Å². The third kappa shape index (κ3) is 2.89. The van der Waals surface area contributed by atoms with Gasteiger partial charge in [0.05, 0.1) is 28.6 Å². The predicted molar refractivity (Wildman–Crippen MR) is 104 cm³/mol. The molecular weight excluding hydrogens is 432 g/mol. The molecule has 0 spiro atoms. The first-order valence-corrected chi connectivity index (χ1v) is 10.7. The van der Waals surface area contributed by atoms with Gasteiger partial charge in [0, 0.05) is 15.6 Å². The van der Waals surface area contributed by atoms with Crippen LogP contribution in [-0.4, -0.2) is 30.8 Å². The Morgan fingerprint density at radius 2 is 1.89 bits per heavy atom. The summed E-state index contributed by atoms with van der Waals surface area (Å²) in [7, 11) is -3.58. The summed E-state index contributed by atoms with van der Waals surface area (Å²) in [4.78, 5) is 12.7. The minimum atomic E-state index is -3.58. The predicted octanol–water partition coefficient (Wildman–Crippen LogP) is 3.77. The molecule has 1 aliphatic rings. The van der Waals surface area contributed by atoms with Gasteiger partial charge in [-0.15, -0.1) is 0 Å². The number of halogens is 1. The Morgan fingerprint density at radius 1 is 1.19 bits per heavy atom. The first-order valence-electron chi connectivity index (χ1n) is 8.30. The minimum Gasteiger partial charge on any atom is -0.461 e. The van der Waals surface area contributed by atoms with Gasteiger partial charge >= 0.3 is 5.97 Å². The average Bonchev–Trinajstić information content (AvgIpc) is 3.01. The van der Waals surface area contributed by atoms with Crippen molar-refractivity contribution in [2.24, 2.45) is 0 Å². The van der Waals surface area contributed by atoms with Crippen molar-refractivity contribution in [3.63, 3.8) is 0 Å². The molecule has 8 heteroatoms. The van der Waals surface area contributed by atoms with Gasteiger partial charge in [-0.25, -0.2) is 17.9 Å². The number of ether oxygens (including phenoxy) is 1. The fourth-order valence-corrected chi connectivity index (χ4v) is 5.27. The van der Waals surface area contributed by atoms with Crippen LogP contribution in [-0.2, 0) is 20.3 Å². The summed E-state index contributed by atoms with van der Waals surface area (Å²) in [6.45, 7) is 1.88. The van der Waals surface area contributed by atoms with Crippen LogP contribution in [0.4, 0.5) is 0 Å². The monoisotopic (exact) mass is 446 g/mol. The molecule has 0 unspecified atom stereocenters. The van der Waals surface area contributed by atoms with E-state index in [-0.39, 0.29) is 22.9 Å². The number of sulfone groups is 1. The molecule has 0 atom stereocenters. The lowest BCUT2D eigenvalue weighted by molar-refractivity contribution is 0.0518. The van der Waals surface area contributed by atoms with Crippen LogP contribution in [0.5, 0.6) is 0 Å². The number of para-hydroxylation sites is 1. The molecule has 0 saturated carbocycles. The first kappa shape index (κ1) is 17.9. The number of nitrogens with zero attached hydrogens (tertiary/aromatic N) is 2. The molecule has 0 fully saturated rings. The van der Waals surface area contributed by atoms with Crippen LogP contribution in [0.2, 0.25) is 0 Å². The van der Waals surface area contributed by atoms with Crippen molar-refractivity contribution in [1.29, 1.82) is 0 Å². The number of rotatable bonds is 3. The fraction of sp³-hybridized carbons (Fsp3) is 0.158. The van der Waals surface area contributed by atoms with Crippen LogP contribution in [0, 0.1) is 0 Å². The van der Waals surface area contributed by atoms with Gasteiger partial charge in [-0.05, 0) is 41.1 Å². The molecule has 0 amide bonds. The average molecular weight is 447 g/mol. The van der Waals surface area contributed by atoms with Gasteiger partial charge in [0.15, 0.2) is 15.5 Å². The van der Waals surface area contributed by atoms with E-state index in [1.54, 1.807) is 35.9 Å². The summed E-state index contributed by atoms with van der Waals surface area (Å²) >= 11 is 3.51. The van der Waals surface area contributed by atoms with Gasteiger partial charge in [-0.2, -0.15) is 5.10 Å². The molecule has 4 rings (SSSR count). The highest BCUT2D eigenvalue weighted by Gasteiger charge is 2.36. The van der Waals surface area contributed by atoms with E-state index in [1.165, 1.54) is 0 Å². The Balaban J connectivity index is 2.08. The van der Waals surface area contributed by atoms with Gasteiger partial charge in [0.2, 0.25) is 0 Å². The van der Waals surface area contributed by atoms with Gasteiger partial charge < -0.3 is 4.74 Å². The number of esters is 1. The number of carbonyl (C=O) groups excluding carboxylic acids is 1. The lowest BCUT2D eigenvalue weighted by Gasteiger charge is -2.19. The Morgan fingerprint density at radius 3 is 2.63 bits per heavy atom. The Kier molecular flexibility index (Phi) is 4.39. The summed E-state index contributed by atoms with van der Waals surface area (Å²) in [5.74, 6) is -0.924. The number of hydrogen-bond acceptors (Lipinski definition) is 5. The Bertz CT molecular complexity index is 1170. The van der Waals surface area contributed by atoms with Crippen molar-refractivity contribution in [3.05, 3.63) is 64.3 Å². The summed E-state index contributed by atoms with van der Waals surface area (Å²) in [6.07, 6.45) is 0. The van der Waals surface area contributed by atoms with E-state index in [1.807, 2.05) is 24.3 Å². The molecule has 0 radical (unpaired) electrons. The van der Waals surface area contributed by atoms with E-state index < -0.39 is 15.8 Å². The molecule has 2 heterocycles. The molecule has 138 valence electrons. The van der Waals surface area contributed by atoms with Gasteiger partial charge in [-0.1, -0.05) is 30.3 Å².